The van der Waals surface area contributed by atoms with Gasteiger partial charge in [-0.2, -0.15) is 0 Å². The highest BCUT2D eigenvalue weighted by Gasteiger charge is 2.39. The zero-order valence-corrected chi connectivity index (χ0v) is 12.1. The molecular formula is C14H28N2O2. The van der Waals surface area contributed by atoms with Gasteiger partial charge in [-0.1, -0.05) is 19.8 Å². The monoisotopic (exact) mass is 256 g/mol. The van der Waals surface area contributed by atoms with Crippen molar-refractivity contribution < 1.29 is 9.53 Å². The van der Waals surface area contributed by atoms with Crippen LogP contribution in [-0.2, 0) is 9.53 Å². The largest absolute Gasteiger partial charge is 0.381 e. The molecule has 1 fully saturated rings. The Bertz CT molecular complexity index is 261. The Labute approximate surface area is 111 Å². The minimum absolute atomic E-state index is 0.108. The number of carbonyl (C=O) groups is 1. The van der Waals surface area contributed by atoms with Gasteiger partial charge < -0.3 is 15.4 Å². The summed E-state index contributed by atoms with van der Waals surface area (Å²) in [4.78, 5) is 14.5. The van der Waals surface area contributed by atoms with E-state index in [2.05, 4.69) is 20.8 Å². The second-order valence-electron chi connectivity index (χ2n) is 5.57. The van der Waals surface area contributed by atoms with Crippen LogP contribution in [0.2, 0.25) is 0 Å². The topological polar surface area (TPSA) is 55.6 Å². The number of nitrogens with two attached hydrogens (primary N) is 1. The summed E-state index contributed by atoms with van der Waals surface area (Å²) >= 11 is 0. The molecule has 1 aliphatic rings. The van der Waals surface area contributed by atoms with Crippen LogP contribution < -0.4 is 5.73 Å². The molecule has 0 saturated carbocycles. The van der Waals surface area contributed by atoms with Crippen LogP contribution in [0.3, 0.4) is 0 Å². The number of ether oxygens (including phenoxy) is 1. The Hall–Kier alpha value is -0.610. The van der Waals surface area contributed by atoms with Crippen LogP contribution in [0.15, 0.2) is 0 Å². The first-order valence-electron chi connectivity index (χ1n) is 7.19. The summed E-state index contributed by atoms with van der Waals surface area (Å²) in [5.74, 6) is 0.108. The van der Waals surface area contributed by atoms with Crippen LogP contribution in [0, 0.1) is 0 Å². The average molecular weight is 256 g/mol. The number of nitrogens with zero attached hydrogens (tertiary/aromatic N) is 1. The third-order valence-corrected chi connectivity index (χ3v) is 3.70. The van der Waals surface area contributed by atoms with E-state index in [-0.39, 0.29) is 11.9 Å². The lowest BCUT2D eigenvalue weighted by molar-refractivity contribution is -0.142. The van der Waals surface area contributed by atoms with E-state index in [1.54, 1.807) is 0 Å². The van der Waals surface area contributed by atoms with Gasteiger partial charge in [-0.05, 0) is 33.1 Å². The van der Waals surface area contributed by atoms with Gasteiger partial charge in [0.05, 0.1) is 5.54 Å². The van der Waals surface area contributed by atoms with Gasteiger partial charge in [0.25, 0.3) is 0 Å². The van der Waals surface area contributed by atoms with Crippen molar-refractivity contribution in [2.45, 2.75) is 64.5 Å². The Morgan fingerprint density at radius 1 is 1.33 bits per heavy atom. The first-order chi connectivity index (χ1) is 8.51. The molecule has 0 unspecified atom stereocenters. The van der Waals surface area contributed by atoms with Crippen molar-refractivity contribution >= 4 is 5.91 Å². The molecule has 1 heterocycles. The third kappa shape index (κ3) is 3.95. The summed E-state index contributed by atoms with van der Waals surface area (Å²) in [6, 6.07) is 0.220. The van der Waals surface area contributed by atoms with Crippen molar-refractivity contribution in [2.24, 2.45) is 5.73 Å². The number of hydrogen-bond acceptors (Lipinski definition) is 3. The summed E-state index contributed by atoms with van der Waals surface area (Å²) in [6.07, 6.45) is 4.68. The van der Waals surface area contributed by atoms with Crippen molar-refractivity contribution in [1.82, 2.24) is 4.90 Å². The molecule has 106 valence electrons. The van der Waals surface area contributed by atoms with Crippen LogP contribution in [0.25, 0.3) is 0 Å². The molecule has 0 atom stereocenters. The Kier molecular flexibility index (Phi) is 6.09. The normalized spacial score (nSPS) is 18.9. The lowest BCUT2D eigenvalue weighted by Crippen LogP contribution is -2.59. The highest BCUT2D eigenvalue weighted by Crippen LogP contribution is 2.22. The Balaban J connectivity index is 2.63. The third-order valence-electron chi connectivity index (χ3n) is 3.70. The summed E-state index contributed by atoms with van der Waals surface area (Å²) in [5, 5.41) is 0. The maximum absolute atomic E-state index is 12.6. The molecule has 0 aliphatic carbocycles. The maximum Gasteiger partial charge on any atom is 0.243 e. The summed E-state index contributed by atoms with van der Waals surface area (Å²) in [6.45, 7) is 8.32. The molecule has 1 amide bonds. The van der Waals surface area contributed by atoms with Gasteiger partial charge in [0, 0.05) is 25.8 Å². The van der Waals surface area contributed by atoms with Crippen LogP contribution in [0.5, 0.6) is 0 Å². The highest BCUT2D eigenvalue weighted by atomic mass is 16.5. The van der Waals surface area contributed by atoms with Crippen molar-refractivity contribution in [3.63, 3.8) is 0 Å². The van der Waals surface area contributed by atoms with Crippen LogP contribution in [-0.4, -0.2) is 42.1 Å². The lowest BCUT2D eigenvalue weighted by atomic mass is 9.89. The number of amides is 1. The van der Waals surface area contributed by atoms with E-state index < -0.39 is 5.54 Å². The zero-order valence-electron chi connectivity index (χ0n) is 12.1. The van der Waals surface area contributed by atoms with Gasteiger partial charge in [0.2, 0.25) is 5.91 Å². The Morgan fingerprint density at radius 2 is 1.94 bits per heavy atom. The van der Waals surface area contributed by atoms with E-state index in [0.29, 0.717) is 26.1 Å². The van der Waals surface area contributed by atoms with Crippen LogP contribution in [0.1, 0.15) is 52.9 Å². The fourth-order valence-electron chi connectivity index (χ4n) is 2.36. The second-order valence-corrected chi connectivity index (χ2v) is 5.57. The van der Waals surface area contributed by atoms with Crippen molar-refractivity contribution in [2.75, 3.05) is 19.8 Å². The first-order valence-corrected chi connectivity index (χ1v) is 7.19. The van der Waals surface area contributed by atoms with Gasteiger partial charge >= 0.3 is 0 Å². The quantitative estimate of drug-likeness (QED) is 0.739. The van der Waals surface area contributed by atoms with Crippen LogP contribution in [0.4, 0.5) is 0 Å². The molecule has 0 aromatic heterocycles. The van der Waals surface area contributed by atoms with E-state index in [4.69, 9.17) is 10.5 Å². The molecule has 1 rings (SSSR count). The molecule has 0 spiro atoms. The molecule has 1 saturated heterocycles. The van der Waals surface area contributed by atoms with E-state index in [1.807, 2.05) is 4.90 Å². The van der Waals surface area contributed by atoms with Crippen molar-refractivity contribution in [3.05, 3.63) is 0 Å². The SMILES string of the molecule is CCCCCN(C(=O)C1(N)CCOCC1)C(C)C. The number of carbonyl (C=O) groups excluding carboxylic acids is 1. The Morgan fingerprint density at radius 3 is 2.44 bits per heavy atom. The first kappa shape index (κ1) is 15.4. The summed E-state index contributed by atoms with van der Waals surface area (Å²) in [5.41, 5.74) is 5.57. The van der Waals surface area contributed by atoms with Gasteiger partial charge in [-0.15, -0.1) is 0 Å². The molecule has 18 heavy (non-hydrogen) atoms. The predicted molar refractivity (Wildman–Crippen MR) is 73.3 cm³/mol. The van der Waals surface area contributed by atoms with Crippen molar-refractivity contribution in [3.8, 4) is 0 Å². The molecule has 4 nitrogen and oxygen atoms in total. The lowest BCUT2D eigenvalue weighted by Gasteiger charge is -2.38. The molecule has 0 bridgehead atoms. The molecule has 0 aromatic rings. The number of hydrogen-bond donors (Lipinski definition) is 1. The van der Waals surface area contributed by atoms with E-state index >= 15 is 0 Å². The van der Waals surface area contributed by atoms with E-state index in [9.17, 15) is 4.79 Å². The second kappa shape index (κ2) is 7.10. The zero-order chi connectivity index (χ0) is 13.6. The predicted octanol–water partition coefficient (Wildman–Crippen LogP) is 1.92. The summed E-state index contributed by atoms with van der Waals surface area (Å²) < 4.78 is 5.30. The van der Waals surface area contributed by atoms with Crippen molar-refractivity contribution in [1.29, 1.82) is 0 Å². The standard InChI is InChI=1S/C14H28N2O2/c1-4-5-6-9-16(12(2)3)13(17)14(15)7-10-18-11-8-14/h12H,4-11,15H2,1-3H3. The number of unbranched alkanes of at least 4 members (excludes halogenated alkanes) is 2. The maximum atomic E-state index is 12.6. The average Bonchev–Trinajstić information content (AvgIpc) is 2.34. The highest BCUT2D eigenvalue weighted by molar-refractivity contribution is 5.86. The molecule has 0 radical (unpaired) electrons. The van der Waals surface area contributed by atoms with Gasteiger partial charge in [0.15, 0.2) is 0 Å². The molecular weight excluding hydrogens is 228 g/mol. The van der Waals surface area contributed by atoms with Crippen LogP contribution >= 0.6 is 0 Å². The fourth-order valence-corrected chi connectivity index (χ4v) is 2.36. The minimum Gasteiger partial charge on any atom is -0.381 e. The summed E-state index contributed by atoms with van der Waals surface area (Å²) in [7, 11) is 0. The minimum atomic E-state index is -0.700. The molecule has 4 heteroatoms. The van der Waals surface area contributed by atoms with Gasteiger partial charge in [0.1, 0.15) is 0 Å². The van der Waals surface area contributed by atoms with Gasteiger partial charge in [-0.3, -0.25) is 4.79 Å². The molecule has 1 aliphatic heterocycles. The van der Waals surface area contributed by atoms with E-state index in [1.165, 1.54) is 6.42 Å². The smallest absolute Gasteiger partial charge is 0.243 e. The van der Waals surface area contributed by atoms with E-state index in [0.717, 1.165) is 19.4 Å². The fraction of sp³-hybridized carbons (Fsp3) is 0.929. The molecule has 0 aromatic carbocycles. The van der Waals surface area contributed by atoms with Gasteiger partial charge in [-0.25, -0.2) is 0 Å². The number of rotatable bonds is 6. The molecule has 2 N–H and O–H groups in total.